The molecule has 2 aromatic carbocycles. The van der Waals surface area contributed by atoms with Crippen molar-refractivity contribution in [2.75, 3.05) is 17.7 Å². The second-order valence-corrected chi connectivity index (χ2v) is 6.03. The van der Waals surface area contributed by atoms with Gasteiger partial charge in [0.1, 0.15) is 5.75 Å². The van der Waals surface area contributed by atoms with Gasteiger partial charge in [0.05, 0.1) is 18.0 Å². The van der Waals surface area contributed by atoms with Gasteiger partial charge in [-0.25, -0.2) is 0 Å². The lowest BCUT2D eigenvalue weighted by atomic mass is 10.2. The molecule has 0 spiro atoms. The highest BCUT2D eigenvalue weighted by Crippen LogP contribution is 2.35. The quantitative estimate of drug-likeness (QED) is 0.668. The average Bonchev–Trinajstić information content (AvgIpc) is 2.43. The van der Waals surface area contributed by atoms with E-state index >= 15 is 0 Å². The van der Waals surface area contributed by atoms with E-state index in [9.17, 15) is 0 Å². The lowest BCUT2D eigenvalue weighted by molar-refractivity contribution is 0.319. The largest absolute Gasteiger partial charge is 0.491 e. The Labute approximate surface area is 135 Å². The molecule has 2 rings (SSSR count). The van der Waals surface area contributed by atoms with Crippen LogP contribution in [0.1, 0.15) is 13.3 Å². The van der Waals surface area contributed by atoms with Crippen molar-refractivity contribution in [3.63, 3.8) is 0 Å². The van der Waals surface area contributed by atoms with E-state index in [1.807, 2.05) is 36.4 Å². The van der Waals surface area contributed by atoms with Gasteiger partial charge in [-0.1, -0.05) is 13.0 Å². The van der Waals surface area contributed by atoms with E-state index in [-0.39, 0.29) is 0 Å². The lowest BCUT2D eigenvalue weighted by Crippen LogP contribution is -2.00. The summed E-state index contributed by atoms with van der Waals surface area (Å²) in [5, 5.41) is 3.36. The maximum atomic E-state index is 5.91. The predicted octanol–water partition coefficient (Wildman–Crippen LogP) is 5.33. The minimum Gasteiger partial charge on any atom is -0.491 e. The van der Waals surface area contributed by atoms with Crippen molar-refractivity contribution in [2.45, 2.75) is 13.3 Å². The second-order valence-electron chi connectivity index (χ2n) is 4.32. The van der Waals surface area contributed by atoms with Crippen molar-refractivity contribution < 1.29 is 4.74 Å². The zero-order valence-corrected chi connectivity index (χ0v) is 14.3. The maximum absolute atomic E-state index is 5.91. The van der Waals surface area contributed by atoms with Crippen molar-refractivity contribution in [2.24, 2.45) is 0 Å². The summed E-state index contributed by atoms with van der Waals surface area (Å²) in [6.07, 6.45) is 0.951. The van der Waals surface area contributed by atoms with Gasteiger partial charge in [-0.2, -0.15) is 0 Å². The first-order valence-electron chi connectivity index (χ1n) is 6.35. The Hall–Kier alpha value is -1.20. The Bertz CT molecular complexity index is 582. The van der Waals surface area contributed by atoms with Crippen LogP contribution in [0.25, 0.3) is 0 Å². The fraction of sp³-hybridized carbons (Fsp3) is 0.200. The first kappa shape index (κ1) is 15.2. The van der Waals surface area contributed by atoms with Crippen LogP contribution in [0.5, 0.6) is 5.75 Å². The van der Waals surface area contributed by atoms with Crippen LogP contribution in [0.4, 0.5) is 17.1 Å². The summed E-state index contributed by atoms with van der Waals surface area (Å²) in [7, 11) is 0. The molecule has 0 atom stereocenters. The number of nitrogen functional groups attached to an aromatic ring is 1. The van der Waals surface area contributed by atoms with Crippen LogP contribution < -0.4 is 15.8 Å². The van der Waals surface area contributed by atoms with Gasteiger partial charge in [-0.15, -0.1) is 0 Å². The molecule has 0 heterocycles. The molecule has 0 saturated carbocycles. The Morgan fingerprint density at radius 2 is 1.85 bits per heavy atom. The number of halogens is 2. The molecule has 0 aliphatic rings. The van der Waals surface area contributed by atoms with Crippen LogP contribution in [-0.2, 0) is 0 Å². The number of hydrogen-bond acceptors (Lipinski definition) is 3. The summed E-state index contributed by atoms with van der Waals surface area (Å²) in [6, 6.07) is 11.6. The Kier molecular flexibility index (Phi) is 5.31. The molecule has 3 nitrogen and oxygen atoms in total. The van der Waals surface area contributed by atoms with E-state index in [0.717, 1.165) is 26.7 Å². The van der Waals surface area contributed by atoms with Crippen molar-refractivity contribution in [1.29, 1.82) is 0 Å². The Morgan fingerprint density at radius 3 is 2.50 bits per heavy atom. The monoisotopic (exact) mass is 398 g/mol. The van der Waals surface area contributed by atoms with Gasteiger partial charge in [-0.3, -0.25) is 0 Å². The third-order valence-corrected chi connectivity index (χ3v) is 4.03. The first-order valence-corrected chi connectivity index (χ1v) is 7.93. The highest BCUT2D eigenvalue weighted by molar-refractivity contribution is 9.11. The number of hydrogen-bond donors (Lipinski definition) is 2. The van der Waals surface area contributed by atoms with E-state index in [1.54, 1.807) is 0 Å². The van der Waals surface area contributed by atoms with E-state index < -0.39 is 0 Å². The second kappa shape index (κ2) is 6.99. The molecule has 5 heteroatoms. The van der Waals surface area contributed by atoms with Crippen LogP contribution in [-0.4, -0.2) is 6.61 Å². The van der Waals surface area contributed by atoms with Crippen LogP contribution in [0.2, 0.25) is 0 Å². The molecule has 0 unspecified atom stereocenters. The van der Waals surface area contributed by atoms with Gasteiger partial charge in [0.2, 0.25) is 0 Å². The molecule has 0 aliphatic heterocycles. The number of para-hydroxylation sites is 1. The zero-order valence-electron chi connectivity index (χ0n) is 11.1. The molecular formula is C15H16Br2N2O. The molecule has 20 heavy (non-hydrogen) atoms. The summed E-state index contributed by atoms with van der Waals surface area (Å²) in [4.78, 5) is 0. The van der Waals surface area contributed by atoms with E-state index in [2.05, 4.69) is 44.1 Å². The van der Waals surface area contributed by atoms with Crippen molar-refractivity contribution in [3.05, 3.63) is 45.3 Å². The van der Waals surface area contributed by atoms with Gasteiger partial charge >= 0.3 is 0 Å². The first-order chi connectivity index (χ1) is 9.61. The fourth-order valence-corrected chi connectivity index (χ4v) is 2.91. The van der Waals surface area contributed by atoms with Crippen molar-refractivity contribution >= 4 is 48.9 Å². The molecule has 0 aliphatic carbocycles. The highest BCUT2D eigenvalue weighted by atomic mass is 79.9. The third-order valence-electron chi connectivity index (χ3n) is 2.71. The minimum atomic E-state index is 0.648. The number of anilines is 3. The Balaban J connectivity index is 2.25. The zero-order chi connectivity index (χ0) is 14.5. The summed E-state index contributed by atoms with van der Waals surface area (Å²) in [5.74, 6) is 0.708. The molecule has 0 bridgehead atoms. The highest BCUT2D eigenvalue weighted by Gasteiger charge is 2.07. The fourth-order valence-electron chi connectivity index (χ4n) is 1.71. The third kappa shape index (κ3) is 3.67. The lowest BCUT2D eigenvalue weighted by Gasteiger charge is -2.13. The molecule has 0 aromatic heterocycles. The molecule has 3 N–H and O–H groups in total. The maximum Gasteiger partial charge on any atom is 0.144 e. The normalized spacial score (nSPS) is 10.3. The summed E-state index contributed by atoms with van der Waals surface area (Å²) in [5.41, 5.74) is 8.46. The molecular weight excluding hydrogens is 384 g/mol. The molecule has 0 fully saturated rings. The summed E-state index contributed by atoms with van der Waals surface area (Å²) >= 11 is 7.06. The predicted molar refractivity (Wildman–Crippen MR) is 91.8 cm³/mol. The van der Waals surface area contributed by atoms with Gasteiger partial charge in [0.15, 0.2) is 0 Å². The SMILES string of the molecule is CCCOc1cc(Nc2c(Br)cccc2Br)ccc1N. The van der Waals surface area contributed by atoms with Crippen LogP contribution in [0.15, 0.2) is 45.3 Å². The average molecular weight is 400 g/mol. The van der Waals surface area contributed by atoms with Crippen LogP contribution in [0.3, 0.4) is 0 Å². The number of rotatable bonds is 5. The topological polar surface area (TPSA) is 47.3 Å². The number of benzene rings is 2. The molecule has 0 saturated heterocycles. The summed E-state index contributed by atoms with van der Waals surface area (Å²) < 4.78 is 7.61. The van der Waals surface area contributed by atoms with E-state index in [1.165, 1.54) is 0 Å². The van der Waals surface area contributed by atoms with Crippen molar-refractivity contribution in [1.82, 2.24) is 0 Å². The number of ether oxygens (including phenoxy) is 1. The minimum absolute atomic E-state index is 0.648. The van der Waals surface area contributed by atoms with Gasteiger partial charge in [0.25, 0.3) is 0 Å². The van der Waals surface area contributed by atoms with Gasteiger partial charge in [-0.05, 0) is 62.5 Å². The molecule has 106 valence electrons. The molecule has 2 aromatic rings. The van der Waals surface area contributed by atoms with Crippen LogP contribution in [0, 0.1) is 0 Å². The van der Waals surface area contributed by atoms with E-state index in [4.69, 9.17) is 10.5 Å². The van der Waals surface area contributed by atoms with E-state index in [0.29, 0.717) is 18.0 Å². The standard InChI is InChI=1S/C15H16Br2N2O/c1-2-8-20-14-9-10(6-7-13(14)18)19-15-11(16)4-3-5-12(15)17/h3-7,9,19H,2,8,18H2,1H3. The van der Waals surface area contributed by atoms with Gasteiger partial charge < -0.3 is 15.8 Å². The number of nitrogens with one attached hydrogen (secondary N) is 1. The molecule has 0 radical (unpaired) electrons. The van der Waals surface area contributed by atoms with Crippen LogP contribution >= 0.6 is 31.9 Å². The van der Waals surface area contributed by atoms with Crippen molar-refractivity contribution in [3.8, 4) is 5.75 Å². The Morgan fingerprint density at radius 1 is 1.15 bits per heavy atom. The van der Waals surface area contributed by atoms with Gasteiger partial charge in [0, 0.05) is 20.7 Å². The smallest absolute Gasteiger partial charge is 0.144 e. The molecule has 0 amide bonds. The number of nitrogens with two attached hydrogens (primary N) is 1. The summed E-state index contributed by atoms with van der Waals surface area (Å²) in [6.45, 7) is 2.73.